The molecule has 2 heterocycles. The Morgan fingerprint density at radius 3 is 2.16 bits per heavy atom. The Bertz CT molecular complexity index is 304. The van der Waals surface area contributed by atoms with E-state index in [0.717, 1.165) is 19.8 Å². The molecule has 0 aliphatic carbocycles. The van der Waals surface area contributed by atoms with Crippen LogP contribution in [0, 0.1) is 10.8 Å². The van der Waals surface area contributed by atoms with Gasteiger partial charge in [0.25, 0.3) is 5.91 Å². The molecule has 1 N–H and O–H groups in total. The van der Waals surface area contributed by atoms with Crippen molar-refractivity contribution in [3.8, 4) is 0 Å². The standard InChI is InChI=1S/C7H14O2.C5H6N2O.CH4S/c1-3-7(4-8-2)5-9-6-7;1-7-4(6)2-3-5(7)8;1-2/h3-6H2,1-2H3;2-3,6H,1H3;2H,1H3. The van der Waals surface area contributed by atoms with Gasteiger partial charge in [-0.1, -0.05) is 6.92 Å². The predicted molar refractivity (Wildman–Crippen MR) is 80.0 cm³/mol. The monoisotopic (exact) mass is 288 g/mol. The molecule has 0 radical (unpaired) electrons. The molecule has 0 spiro atoms. The number of likely N-dealkylation sites (N-methyl/N-ethyl adjacent to an activating group) is 1. The van der Waals surface area contributed by atoms with Gasteiger partial charge in [-0.05, 0) is 18.8 Å². The lowest BCUT2D eigenvalue weighted by atomic mass is 9.84. The van der Waals surface area contributed by atoms with E-state index < -0.39 is 0 Å². The molecular formula is C13H24N2O3S. The molecule has 2 rings (SSSR count). The number of carbonyl (C=O) groups is 1. The highest BCUT2D eigenvalue weighted by atomic mass is 32.1. The average Bonchev–Trinajstić information content (AvgIpc) is 2.68. The van der Waals surface area contributed by atoms with Gasteiger partial charge in [0.1, 0.15) is 5.84 Å². The van der Waals surface area contributed by atoms with Crippen molar-refractivity contribution in [3.05, 3.63) is 12.2 Å². The minimum absolute atomic E-state index is 0.116. The van der Waals surface area contributed by atoms with E-state index >= 15 is 0 Å². The van der Waals surface area contributed by atoms with Crippen LogP contribution in [0.25, 0.3) is 0 Å². The van der Waals surface area contributed by atoms with Crippen LogP contribution < -0.4 is 0 Å². The molecule has 0 unspecified atom stereocenters. The molecule has 5 nitrogen and oxygen atoms in total. The topological polar surface area (TPSA) is 62.6 Å². The zero-order valence-electron chi connectivity index (χ0n) is 12.1. The van der Waals surface area contributed by atoms with Crippen LogP contribution in [0.4, 0.5) is 0 Å². The summed E-state index contributed by atoms with van der Waals surface area (Å²) in [5.41, 5.74) is 0.370. The van der Waals surface area contributed by atoms with Crippen LogP contribution in [0.1, 0.15) is 13.3 Å². The van der Waals surface area contributed by atoms with E-state index in [4.69, 9.17) is 14.9 Å². The molecule has 0 atom stereocenters. The first-order valence-corrected chi connectivity index (χ1v) is 7.00. The fraction of sp³-hybridized carbons (Fsp3) is 0.692. The Kier molecular flexibility index (Phi) is 8.71. The summed E-state index contributed by atoms with van der Waals surface area (Å²) in [6, 6.07) is 0. The quantitative estimate of drug-likeness (QED) is 0.775. The Labute approximate surface area is 120 Å². The molecule has 6 heteroatoms. The number of thiol groups is 1. The summed E-state index contributed by atoms with van der Waals surface area (Å²) in [5.74, 6) is 0.144. The number of amides is 1. The summed E-state index contributed by atoms with van der Waals surface area (Å²) in [7, 11) is 3.32. The number of methoxy groups -OCH3 is 1. The zero-order valence-corrected chi connectivity index (χ0v) is 13.0. The second kappa shape index (κ2) is 9.12. The molecule has 1 fully saturated rings. The molecule has 0 bridgehead atoms. The van der Waals surface area contributed by atoms with Gasteiger partial charge in [0.2, 0.25) is 0 Å². The molecule has 19 heavy (non-hydrogen) atoms. The molecule has 0 aromatic carbocycles. The number of hydrogen-bond donors (Lipinski definition) is 2. The van der Waals surface area contributed by atoms with Gasteiger partial charge < -0.3 is 9.47 Å². The van der Waals surface area contributed by atoms with Gasteiger partial charge in [0.05, 0.1) is 19.8 Å². The molecule has 0 saturated carbocycles. The van der Waals surface area contributed by atoms with Gasteiger partial charge in [-0.25, -0.2) is 0 Å². The van der Waals surface area contributed by atoms with Gasteiger partial charge in [-0.3, -0.25) is 15.1 Å². The van der Waals surface area contributed by atoms with Crippen LogP contribution in [0.15, 0.2) is 12.2 Å². The molecule has 1 amide bonds. The highest BCUT2D eigenvalue weighted by Crippen LogP contribution is 2.30. The summed E-state index contributed by atoms with van der Waals surface area (Å²) in [4.78, 5) is 11.8. The summed E-state index contributed by atoms with van der Waals surface area (Å²) < 4.78 is 10.2. The van der Waals surface area contributed by atoms with E-state index in [1.54, 1.807) is 20.4 Å². The number of hydrogen-bond acceptors (Lipinski definition) is 5. The van der Waals surface area contributed by atoms with E-state index in [1.807, 2.05) is 0 Å². The Balaban J connectivity index is 0.000000303. The van der Waals surface area contributed by atoms with Crippen molar-refractivity contribution < 1.29 is 14.3 Å². The fourth-order valence-electron chi connectivity index (χ4n) is 1.58. The predicted octanol–water partition coefficient (Wildman–Crippen LogP) is 1.60. The molecule has 2 aliphatic rings. The molecule has 0 aromatic heterocycles. The van der Waals surface area contributed by atoms with Crippen LogP contribution in [0.5, 0.6) is 0 Å². The third-order valence-electron chi connectivity index (χ3n) is 3.09. The van der Waals surface area contributed by atoms with Crippen molar-refractivity contribution >= 4 is 24.4 Å². The number of nitrogens with zero attached hydrogens (tertiary/aromatic N) is 1. The van der Waals surface area contributed by atoms with E-state index in [9.17, 15) is 4.79 Å². The van der Waals surface area contributed by atoms with Crippen LogP contribution in [0.3, 0.4) is 0 Å². The zero-order chi connectivity index (χ0) is 14.9. The third-order valence-corrected chi connectivity index (χ3v) is 3.09. The number of nitrogens with one attached hydrogen (secondary N) is 1. The average molecular weight is 288 g/mol. The maximum absolute atomic E-state index is 10.5. The summed E-state index contributed by atoms with van der Waals surface area (Å²) in [5, 5.41) is 7.00. The largest absolute Gasteiger partial charge is 0.384 e. The Morgan fingerprint density at radius 2 is 2.05 bits per heavy atom. The van der Waals surface area contributed by atoms with Crippen molar-refractivity contribution in [3.63, 3.8) is 0 Å². The Hall–Kier alpha value is -0.850. The van der Waals surface area contributed by atoms with Crippen molar-refractivity contribution in [1.29, 1.82) is 5.41 Å². The summed E-state index contributed by atoms with van der Waals surface area (Å²) >= 11 is 3.53. The van der Waals surface area contributed by atoms with E-state index in [1.165, 1.54) is 23.5 Å². The van der Waals surface area contributed by atoms with Crippen LogP contribution in [-0.4, -0.2) is 56.9 Å². The molecule has 110 valence electrons. The fourth-order valence-corrected chi connectivity index (χ4v) is 1.58. The van der Waals surface area contributed by atoms with E-state index in [0.29, 0.717) is 5.41 Å². The lowest BCUT2D eigenvalue weighted by Gasteiger charge is -2.39. The number of carbonyl (C=O) groups excluding carboxylic acids is 1. The molecule has 0 aromatic rings. The van der Waals surface area contributed by atoms with Crippen LogP contribution >= 0.6 is 12.6 Å². The van der Waals surface area contributed by atoms with Gasteiger partial charge in [-0.15, -0.1) is 0 Å². The lowest BCUT2D eigenvalue weighted by Crippen LogP contribution is -2.45. The van der Waals surface area contributed by atoms with Gasteiger partial charge in [-0.2, -0.15) is 12.6 Å². The second-order valence-electron chi connectivity index (χ2n) is 4.40. The molecule has 2 aliphatic heterocycles. The highest BCUT2D eigenvalue weighted by Gasteiger charge is 2.36. The van der Waals surface area contributed by atoms with Crippen molar-refractivity contribution in [1.82, 2.24) is 4.90 Å². The first-order chi connectivity index (χ1) is 9.04. The third kappa shape index (κ3) is 5.34. The van der Waals surface area contributed by atoms with Gasteiger partial charge >= 0.3 is 0 Å². The van der Waals surface area contributed by atoms with Crippen molar-refractivity contribution in [2.45, 2.75) is 13.3 Å². The van der Waals surface area contributed by atoms with Gasteiger partial charge in [0.15, 0.2) is 0 Å². The normalized spacial score (nSPS) is 19.1. The molecular weight excluding hydrogens is 264 g/mol. The maximum Gasteiger partial charge on any atom is 0.251 e. The first kappa shape index (κ1) is 18.1. The number of rotatable bonds is 3. The summed E-state index contributed by atoms with van der Waals surface area (Å²) in [6.07, 6.45) is 5.71. The number of amidine groups is 1. The van der Waals surface area contributed by atoms with E-state index in [2.05, 4.69) is 19.6 Å². The number of ether oxygens (including phenoxy) is 2. The Morgan fingerprint density at radius 1 is 1.47 bits per heavy atom. The van der Waals surface area contributed by atoms with E-state index in [-0.39, 0.29) is 11.7 Å². The maximum atomic E-state index is 10.5. The smallest absolute Gasteiger partial charge is 0.251 e. The SMILES string of the molecule is CCC1(COC)COC1.CN1C(=N)C=CC1=O.CS. The van der Waals surface area contributed by atoms with Crippen LogP contribution in [-0.2, 0) is 14.3 Å². The first-order valence-electron chi connectivity index (χ1n) is 6.10. The summed E-state index contributed by atoms with van der Waals surface area (Å²) in [6.45, 7) is 4.81. The van der Waals surface area contributed by atoms with Crippen molar-refractivity contribution in [2.75, 3.05) is 40.2 Å². The lowest BCUT2D eigenvalue weighted by molar-refractivity contribution is -0.144. The highest BCUT2D eigenvalue weighted by molar-refractivity contribution is 7.79. The van der Waals surface area contributed by atoms with Crippen molar-refractivity contribution in [2.24, 2.45) is 5.41 Å². The van der Waals surface area contributed by atoms with Crippen LogP contribution in [0.2, 0.25) is 0 Å². The van der Waals surface area contributed by atoms with Gasteiger partial charge in [0, 0.05) is 25.6 Å². The minimum Gasteiger partial charge on any atom is -0.384 e. The molecule has 1 saturated heterocycles. The minimum atomic E-state index is -0.116. The second-order valence-corrected chi connectivity index (χ2v) is 4.40.